The highest BCUT2D eigenvalue weighted by atomic mass is 15.2. The van der Waals surface area contributed by atoms with Gasteiger partial charge in [0.1, 0.15) is 6.33 Å². The molecule has 1 heterocycles. The number of likely N-dealkylation sites (N-methyl/N-ethyl adjacent to an activating group) is 1. The number of rotatable bonds is 5. The lowest BCUT2D eigenvalue weighted by Gasteiger charge is -2.45. The van der Waals surface area contributed by atoms with Gasteiger partial charge < -0.3 is 10.2 Å². The molecule has 1 aromatic heterocycles. The maximum atomic E-state index is 4.05. The third kappa shape index (κ3) is 3.74. The van der Waals surface area contributed by atoms with Gasteiger partial charge in [0.15, 0.2) is 0 Å². The first-order chi connectivity index (χ1) is 9.12. The second-order valence-electron chi connectivity index (χ2n) is 6.17. The van der Waals surface area contributed by atoms with E-state index in [0.29, 0.717) is 5.54 Å². The van der Waals surface area contributed by atoms with Crippen molar-refractivity contribution in [2.45, 2.75) is 44.7 Å². The van der Waals surface area contributed by atoms with Crippen LogP contribution in [0.15, 0.2) is 18.7 Å². The second kappa shape index (κ2) is 6.44. The van der Waals surface area contributed by atoms with Crippen LogP contribution in [0, 0.1) is 5.92 Å². The molecule has 1 aromatic rings. The van der Waals surface area contributed by atoms with E-state index in [4.69, 9.17) is 0 Å². The summed E-state index contributed by atoms with van der Waals surface area (Å²) in [5, 5.41) is 3.59. The number of hydrogen-bond donors (Lipinski definition) is 1. The molecule has 0 saturated heterocycles. The van der Waals surface area contributed by atoms with E-state index in [-0.39, 0.29) is 0 Å². The van der Waals surface area contributed by atoms with Gasteiger partial charge in [-0.15, -0.1) is 0 Å². The molecule has 0 spiro atoms. The molecule has 0 radical (unpaired) electrons. The smallest absolute Gasteiger partial charge is 0.115 e. The fourth-order valence-electron chi connectivity index (χ4n) is 3.22. The van der Waals surface area contributed by atoms with E-state index in [1.54, 1.807) is 6.33 Å². The third-order valence-corrected chi connectivity index (χ3v) is 4.41. The number of aromatic nitrogens is 2. The van der Waals surface area contributed by atoms with Crippen LogP contribution < -0.4 is 5.32 Å². The Morgan fingerprint density at radius 3 is 2.74 bits per heavy atom. The first-order valence-electron chi connectivity index (χ1n) is 7.24. The van der Waals surface area contributed by atoms with Gasteiger partial charge in [-0.2, -0.15) is 0 Å². The zero-order valence-electron chi connectivity index (χ0n) is 12.4. The molecule has 1 aliphatic carbocycles. The van der Waals surface area contributed by atoms with Crippen LogP contribution in [-0.2, 0) is 6.54 Å². The molecule has 4 heteroatoms. The summed E-state index contributed by atoms with van der Waals surface area (Å²) in [4.78, 5) is 10.5. The molecule has 0 aliphatic heterocycles. The lowest BCUT2D eigenvalue weighted by Crippen LogP contribution is -2.54. The molecule has 2 rings (SSSR count). The van der Waals surface area contributed by atoms with Gasteiger partial charge in [-0.1, -0.05) is 19.8 Å². The topological polar surface area (TPSA) is 41.1 Å². The maximum Gasteiger partial charge on any atom is 0.115 e. The number of nitrogens with one attached hydrogen (secondary N) is 1. The van der Waals surface area contributed by atoms with Gasteiger partial charge in [0.2, 0.25) is 0 Å². The number of hydrogen-bond acceptors (Lipinski definition) is 4. The highest BCUT2D eigenvalue weighted by molar-refractivity contribution is 5.02. The molecular weight excluding hydrogens is 236 g/mol. The van der Waals surface area contributed by atoms with Crippen molar-refractivity contribution in [2.24, 2.45) is 5.92 Å². The van der Waals surface area contributed by atoms with E-state index in [1.807, 2.05) is 12.4 Å². The molecule has 4 nitrogen and oxygen atoms in total. The second-order valence-corrected chi connectivity index (χ2v) is 6.17. The highest BCUT2D eigenvalue weighted by Crippen LogP contribution is 2.35. The first kappa shape index (κ1) is 14.4. The Labute approximate surface area is 116 Å². The van der Waals surface area contributed by atoms with Gasteiger partial charge in [0.25, 0.3) is 0 Å². The van der Waals surface area contributed by atoms with E-state index < -0.39 is 0 Å². The molecule has 1 N–H and O–H groups in total. The van der Waals surface area contributed by atoms with Gasteiger partial charge >= 0.3 is 0 Å². The standard InChI is InChI=1S/C15H26N4/c1-13-5-4-6-15(7-13,19(2)3)11-16-8-14-9-17-12-18-10-14/h9-10,12-13,16H,4-8,11H2,1-3H3. The fourth-order valence-corrected chi connectivity index (χ4v) is 3.22. The Bertz CT molecular complexity index is 379. The third-order valence-electron chi connectivity index (χ3n) is 4.41. The van der Waals surface area contributed by atoms with Gasteiger partial charge in [-0.3, -0.25) is 0 Å². The largest absolute Gasteiger partial charge is 0.311 e. The van der Waals surface area contributed by atoms with Crippen LogP contribution in [0.25, 0.3) is 0 Å². The SMILES string of the molecule is CC1CCCC(CNCc2cncnc2)(N(C)C)C1. The van der Waals surface area contributed by atoms with Crippen LogP contribution in [0.2, 0.25) is 0 Å². The summed E-state index contributed by atoms with van der Waals surface area (Å²) in [6.45, 7) is 4.27. The van der Waals surface area contributed by atoms with Crippen molar-refractivity contribution >= 4 is 0 Å². The van der Waals surface area contributed by atoms with Gasteiger partial charge in [-0.05, 0) is 32.9 Å². The quantitative estimate of drug-likeness (QED) is 0.882. The zero-order chi connectivity index (χ0) is 13.7. The van der Waals surface area contributed by atoms with Crippen molar-refractivity contribution in [3.63, 3.8) is 0 Å². The Morgan fingerprint density at radius 2 is 2.11 bits per heavy atom. The van der Waals surface area contributed by atoms with E-state index in [9.17, 15) is 0 Å². The lowest BCUT2D eigenvalue weighted by atomic mass is 9.75. The van der Waals surface area contributed by atoms with Crippen molar-refractivity contribution in [3.05, 3.63) is 24.3 Å². The minimum atomic E-state index is 0.313. The Morgan fingerprint density at radius 1 is 1.37 bits per heavy atom. The normalized spacial score (nSPS) is 27.7. The summed E-state index contributed by atoms with van der Waals surface area (Å²) in [5.74, 6) is 0.831. The molecule has 0 bridgehead atoms. The molecule has 19 heavy (non-hydrogen) atoms. The van der Waals surface area contributed by atoms with Crippen molar-refractivity contribution in [1.29, 1.82) is 0 Å². The van der Waals surface area contributed by atoms with Crippen molar-refractivity contribution in [3.8, 4) is 0 Å². The van der Waals surface area contributed by atoms with Crippen LogP contribution >= 0.6 is 0 Å². The average Bonchev–Trinajstić information content (AvgIpc) is 2.40. The average molecular weight is 262 g/mol. The molecule has 1 saturated carbocycles. The summed E-state index contributed by atoms with van der Waals surface area (Å²) < 4.78 is 0. The maximum absolute atomic E-state index is 4.05. The molecule has 0 aromatic carbocycles. The van der Waals surface area contributed by atoms with E-state index >= 15 is 0 Å². The number of nitrogens with zero attached hydrogens (tertiary/aromatic N) is 3. The van der Waals surface area contributed by atoms with Crippen LogP contribution in [0.3, 0.4) is 0 Å². The van der Waals surface area contributed by atoms with Gasteiger partial charge in [0.05, 0.1) is 0 Å². The molecule has 2 atom stereocenters. The monoisotopic (exact) mass is 262 g/mol. The van der Waals surface area contributed by atoms with Gasteiger partial charge in [-0.25, -0.2) is 9.97 Å². The highest BCUT2D eigenvalue weighted by Gasteiger charge is 2.36. The molecule has 2 unspecified atom stereocenters. The summed E-state index contributed by atoms with van der Waals surface area (Å²) in [7, 11) is 4.43. The molecule has 0 amide bonds. The molecule has 106 valence electrons. The molecule has 1 aliphatic rings. The van der Waals surface area contributed by atoms with E-state index in [0.717, 1.165) is 24.6 Å². The van der Waals surface area contributed by atoms with Gasteiger partial charge in [0, 0.05) is 36.6 Å². The zero-order valence-corrected chi connectivity index (χ0v) is 12.4. The van der Waals surface area contributed by atoms with Crippen molar-refractivity contribution < 1.29 is 0 Å². The molecular formula is C15H26N4. The van der Waals surface area contributed by atoms with Crippen LogP contribution in [-0.4, -0.2) is 41.0 Å². The predicted molar refractivity (Wildman–Crippen MR) is 77.8 cm³/mol. The van der Waals surface area contributed by atoms with Crippen molar-refractivity contribution in [1.82, 2.24) is 20.2 Å². The van der Waals surface area contributed by atoms with E-state index in [1.165, 1.54) is 25.7 Å². The predicted octanol–water partition coefficient (Wildman–Crippen LogP) is 2.08. The summed E-state index contributed by atoms with van der Waals surface area (Å²) in [6.07, 6.45) is 10.6. The summed E-state index contributed by atoms with van der Waals surface area (Å²) in [6, 6.07) is 0. The Balaban J connectivity index is 1.90. The minimum Gasteiger partial charge on any atom is -0.311 e. The minimum absolute atomic E-state index is 0.313. The Hall–Kier alpha value is -1.00. The Kier molecular flexibility index (Phi) is 4.88. The lowest BCUT2D eigenvalue weighted by molar-refractivity contribution is 0.0749. The summed E-state index contributed by atoms with van der Waals surface area (Å²) in [5.41, 5.74) is 1.47. The van der Waals surface area contributed by atoms with Crippen LogP contribution in [0.5, 0.6) is 0 Å². The summed E-state index contributed by atoms with van der Waals surface area (Å²) >= 11 is 0. The van der Waals surface area contributed by atoms with Crippen molar-refractivity contribution in [2.75, 3.05) is 20.6 Å². The fraction of sp³-hybridized carbons (Fsp3) is 0.733. The molecule has 1 fully saturated rings. The van der Waals surface area contributed by atoms with Crippen LogP contribution in [0.4, 0.5) is 0 Å². The first-order valence-corrected chi connectivity index (χ1v) is 7.24. The van der Waals surface area contributed by atoms with Crippen LogP contribution in [0.1, 0.15) is 38.2 Å². The van der Waals surface area contributed by atoms with E-state index in [2.05, 4.69) is 41.2 Å².